The Morgan fingerprint density at radius 1 is 1.39 bits per heavy atom. The van der Waals surface area contributed by atoms with E-state index in [0.29, 0.717) is 16.3 Å². The molecule has 18 heavy (non-hydrogen) atoms. The van der Waals surface area contributed by atoms with Gasteiger partial charge < -0.3 is 14.6 Å². The number of carbonyl (C=O) groups excluding carboxylic acids is 1. The fourth-order valence-electron chi connectivity index (χ4n) is 1.32. The monoisotopic (exact) mass is 272 g/mol. The van der Waals surface area contributed by atoms with E-state index in [1.54, 1.807) is 39.0 Å². The molecule has 100 valence electrons. The molecule has 0 aliphatic carbocycles. The van der Waals surface area contributed by atoms with Crippen molar-refractivity contribution in [1.29, 1.82) is 0 Å². The molecule has 0 spiro atoms. The molecule has 1 N–H and O–H groups in total. The zero-order valence-corrected chi connectivity index (χ0v) is 11.5. The van der Waals surface area contributed by atoms with Crippen molar-refractivity contribution in [2.45, 2.75) is 33.0 Å². The van der Waals surface area contributed by atoms with Crippen molar-refractivity contribution in [1.82, 2.24) is 0 Å². The highest BCUT2D eigenvalue weighted by Gasteiger charge is 2.17. The van der Waals surface area contributed by atoms with E-state index in [2.05, 4.69) is 0 Å². The van der Waals surface area contributed by atoms with E-state index in [0.717, 1.165) is 0 Å². The summed E-state index contributed by atoms with van der Waals surface area (Å²) in [4.78, 5) is 11.5. The molecule has 0 aromatic heterocycles. The summed E-state index contributed by atoms with van der Waals surface area (Å²) in [5.41, 5.74) is -0.00803. The van der Waals surface area contributed by atoms with Gasteiger partial charge in [0.2, 0.25) is 0 Å². The first kappa shape index (κ1) is 14.8. The molecule has 0 fully saturated rings. The molecule has 0 heterocycles. The second kappa shape index (κ2) is 6.07. The van der Waals surface area contributed by atoms with Gasteiger partial charge in [-0.3, -0.25) is 0 Å². The van der Waals surface area contributed by atoms with Crippen LogP contribution in [0.1, 0.15) is 26.3 Å². The summed E-state index contributed by atoms with van der Waals surface area (Å²) in [7, 11) is 0. The van der Waals surface area contributed by atoms with Crippen molar-refractivity contribution >= 4 is 17.6 Å². The zero-order valence-electron chi connectivity index (χ0n) is 10.7. The van der Waals surface area contributed by atoms with Crippen molar-refractivity contribution in [3.8, 4) is 5.75 Å². The van der Waals surface area contributed by atoms with Crippen molar-refractivity contribution in [2.75, 3.05) is 6.61 Å². The third-order valence-corrected chi connectivity index (χ3v) is 2.19. The maximum absolute atomic E-state index is 11.5. The van der Waals surface area contributed by atoms with Crippen molar-refractivity contribution < 1.29 is 19.4 Å². The highest BCUT2D eigenvalue weighted by Crippen LogP contribution is 2.23. The van der Waals surface area contributed by atoms with Gasteiger partial charge in [-0.25, -0.2) is 4.79 Å². The molecule has 1 rings (SSSR count). The van der Waals surface area contributed by atoms with Crippen molar-refractivity contribution in [3.63, 3.8) is 0 Å². The van der Waals surface area contributed by atoms with Crippen molar-refractivity contribution in [2.24, 2.45) is 0 Å². The lowest BCUT2D eigenvalue weighted by Gasteiger charge is -2.19. The highest BCUT2D eigenvalue weighted by molar-refractivity contribution is 6.30. The second-order valence-electron chi connectivity index (χ2n) is 4.79. The highest BCUT2D eigenvalue weighted by atomic mass is 35.5. The zero-order chi connectivity index (χ0) is 13.8. The van der Waals surface area contributed by atoms with E-state index in [1.165, 1.54) is 0 Å². The van der Waals surface area contributed by atoms with Gasteiger partial charge in [0.05, 0.1) is 6.61 Å². The summed E-state index contributed by atoms with van der Waals surface area (Å²) in [6.07, 6.45) is 0. The summed E-state index contributed by atoms with van der Waals surface area (Å²) in [6.45, 7) is 4.95. The normalized spacial score (nSPS) is 11.2. The van der Waals surface area contributed by atoms with Crippen LogP contribution >= 0.6 is 11.6 Å². The molecule has 0 aliphatic rings. The van der Waals surface area contributed by atoms with Gasteiger partial charge in [0, 0.05) is 10.6 Å². The summed E-state index contributed by atoms with van der Waals surface area (Å²) >= 11 is 5.79. The third kappa shape index (κ3) is 4.94. The number of ether oxygens (including phenoxy) is 2. The van der Waals surface area contributed by atoms with Crippen LogP contribution in [0.15, 0.2) is 18.2 Å². The minimum Gasteiger partial charge on any atom is -0.482 e. The minimum atomic E-state index is -0.541. The lowest BCUT2D eigenvalue weighted by molar-refractivity contribution is -0.157. The Kier molecular flexibility index (Phi) is 4.99. The Morgan fingerprint density at radius 2 is 2.06 bits per heavy atom. The fourth-order valence-corrected chi connectivity index (χ4v) is 1.51. The molecule has 0 atom stereocenters. The second-order valence-corrected chi connectivity index (χ2v) is 5.22. The lowest BCUT2D eigenvalue weighted by Crippen LogP contribution is -2.27. The Balaban J connectivity index is 2.61. The van der Waals surface area contributed by atoms with E-state index in [9.17, 15) is 4.79 Å². The third-order valence-electron chi connectivity index (χ3n) is 1.96. The molecule has 0 radical (unpaired) electrons. The summed E-state index contributed by atoms with van der Waals surface area (Å²) in [5, 5.41) is 9.64. The van der Waals surface area contributed by atoms with Crippen LogP contribution in [-0.2, 0) is 16.1 Å². The minimum absolute atomic E-state index is 0.202. The molecule has 0 saturated carbocycles. The van der Waals surface area contributed by atoms with Gasteiger partial charge in [-0.15, -0.1) is 0 Å². The topological polar surface area (TPSA) is 55.8 Å². The molecule has 0 bridgehead atoms. The average Bonchev–Trinajstić information content (AvgIpc) is 2.24. The summed E-state index contributed by atoms with van der Waals surface area (Å²) < 4.78 is 10.4. The number of hydrogen-bond acceptors (Lipinski definition) is 4. The predicted octanol–water partition coefficient (Wildman–Crippen LogP) is 2.55. The maximum Gasteiger partial charge on any atom is 0.344 e. The van der Waals surface area contributed by atoms with Crippen LogP contribution in [0, 0.1) is 0 Å². The number of hydrogen-bond donors (Lipinski definition) is 1. The average molecular weight is 273 g/mol. The van der Waals surface area contributed by atoms with E-state index >= 15 is 0 Å². The van der Waals surface area contributed by atoms with Gasteiger partial charge in [-0.2, -0.15) is 0 Å². The number of rotatable bonds is 4. The smallest absolute Gasteiger partial charge is 0.344 e. The Labute approximate surface area is 111 Å². The quantitative estimate of drug-likeness (QED) is 0.856. The molecular formula is C13H17ClO4. The van der Waals surface area contributed by atoms with E-state index < -0.39 is 11.6 Å². The summed E-state index contributed by atoms with van der Waals surface area (Å²) in [5.74, 6) is -0.0332. The number of halogens is 1. The van der Waals surface area contributed by atoms with Crippen LogP contribution in [0.5, 0.6) is 5.75 Å². The van der Waals surface area contributed by atoms with Gasteiger partial charge >= 0.3 is 5.97 Å². The SMILES string of the molecule is CC(C)(C)OC(=O)COc1ccc(Cl)cc1CO. The maximum atomic E-state index is 11.5. The van der Waals surface area contributed by atoms with Crippen molar-refractivity contribution in [3.05, 3.63) is 28.8 Å². The first-order valence-corrected chi connectivity index (χ1v) is 5.93. The van der Waals surface area contributed by atoms with E-state index in [4.69, 9.17) is 26.2 Å². The van der Waals surface area contributed by atoms with Gasteiger partial charge in [-0.1, -0.05) is 11.6 Å². The fraction of sp³-hybridized carbons (Fsp3) is 0.462. The van der Waals surface area contributed by atoms with Crippen LogP contribution in [0.25, 0.3) is 0 Å². The molecule has 5 heteroatoms. The van der Waals surface area contributed by atoms with Gasteiger partial charge in [0.15, 0.2) is 6.61 Å². The Morgan fingerprint density at radius 3 is 2.61 bits per heavy atom. The van der Waals surface area contributed by atoms with E-state index in [-0.39, 0.29) is 13.2 Å². The Hall–Kier alpha value is -1.26. The number of aliphatic hydroxyl groups excluding tert-OH is 1. The number of benzene rings is 1. The molecule has 1 aromatic carbocycles. The largest absolute Gasteiger partial charge is 0.482 e. The molecule has 1 aromatic rings. The Bertz CT molecular complexity index is 423. The molecular weight excluding hydrogens is 256 g/mol. The van der Waals surface area contributed by atoms with E-state index in [1.807, 2.05) is 0 Å². The predicted molar refractivity (Wildman–Crippen MR) is 68.7 cm³/mol. The standard InChI is InChI=1S/C13H17ClO4/c1-13(2,3)18-12(16)8-17-11-5-4-10(14)6-9(11)7-15/h4-6,15H,7-8H2,1-3H3. The van der Waals surface area contributed by atoms with Gasteiger partial charge in [-0.05, 0) is 39.0 Å². The number of carbonyl (C=O) groups is 1. The van der Waals surface area contributed by atoms with Gasteiger partial charge in [0.1, 0.15) is 11.4 Å². The first-order valence-electron chi connectivity index (χ1n) is 5.56. The van der Waals surface area contributed by atoms with Gasteiger partial charge in [0.25, 0.3) is 0 Å². The van der Waals surface area contributed by atoms with Crippen LogP contribution < -0.4 is 4.74 Å². The van der Waals surface area contributed by atoms with Crippen LogP contribution in [0.2, 0.25) is 5.02 Å². The lowest BCUT2D eigenvalue weighted by atomic mass is 10.2. The number of esters is 1. The van der Waals surface area contributed by atoms with Crippen LogP contribution in [0.4, 0.5) is 0 Å². The molecule has 0 saturated heterocycles. The molecule has 0 unspecified atom stereocenters. The van der Waals surface area contributed by atoms with Crippen LogP contribution in [0.3, 0.4) is 0 Å². The molecule has 0 amide bonds. The summed E-state index contributed by atoms with van der Waals surface area (Å²) in [6, 6.07) is 4.83. The molecule has 4 nitrogen and oxygen atoms in total. The molecule has 0 aliphatic heterocycles. The first-order chi connectivity index (χ1) is 8.31. The van der Waals surface area contributed by atoms with Crippen LogP contribution in [-0.4, -0.2) is 23.3 Å². The number of aliphatic hydroxyl groups is 1.